The zero-order valence-corrected chi connectivity index (χ0v) is 23.4. The Morgan fingerprint density at radius 1 is 1.15 bits per heavy atom. The van der Waals surface area contributed by atoms with E-state index < -0.39 is 47.1 Å². The molecule has 0 spiro atoms. The molecule has 1 saturated carbocycles. The summed E-state index contributed by atoms with van der Waals surface area (Å²) < 4.78 is 75.8. The highest BCUT2D eigenvalue weighted by Crippen LogP contribution is 2.45. The lowest BCUT2D eigenvalue weighted by atomic mass is 9.93. The molecule has 6 nitrogen and oxygen atoms in total. The number of likely N-dealkylation sites (tertiary alicyclic amines) is 1. The number of amides is 1. The van der Waals surface area contributed by atoms with Crippen LogP contribution in [0, 0.1) is 11.7 Å². The topological polar surface area (TPSA) is 78.9 Å². The van der Waals surface area contributed by atoms with Crippen LogP contribution in [0.4, 0.5) is 22.0 Å². The van der Waals surface area contributed by atoms with Crippen molar-refractivity contribution in [1.82, 2.24) is 10.2 Å². The van der Waals surface area contributed by atoms with Crippen molar-refractivity contribution in [3.8, 4) is 5.75 Å². The summed E-state index contributed by atoms with van der Waals surface area (Å²) in [5.74, 6) is -3.24. The number of benzene rings is 2. The van der Waals surface area contributed by atoms with Crippen molar-refractivity contribution in [3.63, 3.8) is 0 Å². The van der Waals surface area contributed by atoms with E-state index in [1.807, 2.05) is 4.90 Å². The minimum Gasteiger partial charge on any atom is -0.490 e. The summed E-state index contributed by atoms with van der Waals surface area (Å²) in [6, 6.07) is 4.56. The van der Waals surface area contributed by atoms with Gasteiger partial charge < -0.3 is 15.2 Å². The minimum absolute atomic E-state index is 0.0224. The van der Waals surface area contributed by atoms with Gasteiger partial charge in [0.05, 0.1) is 11.1 Å². The molecule has 224 valence electrons. The van der Waals surface area contributed by atoms with Crippen LogP contribution >= 0.6 is 11.6 Å². The molecule has 2 aromatic carbocycles. The van der Waals surface area contributed by atoms with Gasteiger partial charge >= 0.3 is 12.1 Å². The van der Waals surface area contributed by atoms with Crippen molar-refractivity contribution in [2.75, 3.05) is 19.7 Å². The van der Waals surface area contributed by atoms with Gasteiger partial charge in [0.2, 0.25) is 0 Å². The van der Waals surface area contributed by atoms with Gasteiger partial charge in [-0.25, -0.2) is 13.6 Å². The van der Waals surface area contributed by atoms with E-state index >= 15 is 4.39 Å². The van der Waals surface area contributed by atoms with Crippen LogP contribution < -0.4 is 10.1 Å². The molecule has 2 N–H and O–H groups in total. The molecule has 0 radical (unpaired) electrons. The first-order chi connectivity index (χ1) is 19.1. The van der Waals surface area contributed by atoms with Crippen LogP contribution in [0.5, 0.6) is 5.75 Å². The Bertz CT molecular complexity index is 1290. The number of rotatable bonds is 10. The molecule has 1 saturated heterocycles. The quantitative estimate of drug-likeness (QED) is 0.300. The number of ether oxygens (including phenoxy) is 1. The highest BCUT2D eigenvalue weighted by molar-refractivity contribution is 6.30. The summed E-state index contributed by atoms with van der Waals surface area (Å²) in [7, 11) is 0. The first-order valence-corrected chi connectivity index (χ1v) is 13.8. The van der Waals surface area contributed by atoms with E-state index in [1.54, 1.807) is 13.8 Å². The molecular weight excluding hydrogens is 571 g/mol. The molecule has 1 aliphatic carbocycles. The Morgan fingerprint density at radius 2 is 1.80 bits per heavy atom. The van der Waals surface area contributed by atoms with E-state index in [0.717, 1.165) is 31.0 Å². The lowest BCUT2D eigenvalue weighted by Gasteiger charge is -2.36. The Morgan fingerprint density at radius 3 is 2.37 bits per heavy atom. The summed E-state index contributed by atoms with van der Waals surface area (Å²) in [5, 5.41) is 11.7. The highest BCUT2D eigenvalue weighted by atomic mass is 35.5. The third-order valence-corrected chi connectivity index (χ3v) is 7.73. The Hall–Kier alpha value is -2.92. The summed E-state index contributed by atoms with van der Waals surface area (Å²) in [4.78, 5) is 26.0. The Balaban J connectivity index is 1.39. The summed E-state index contributed by atoms with van der Waals surface area (Å²) >= 11 is 5.88. The van der Waals surface area contributed by atoms with Crippen LogP contribution in [-0.4, -0.2) is 53.3 Å². The summed E-state index contributed by atoms with van der Waals surface area (Å²) in [5.41, 5.74) is -1.93. The molecule has 0 aromatic heterocycles. The number of aliphatic carboxylic acids is 1. The highest BCUT2D eigenvalue weighted by Gasteiger charge is 2.37. The third-order valence-electron chi connectivity index (χ3n) is 7.51. The maximum atomic E-state index is 15.7. The van der Waals surface area contributed by atoms with E-state index in [2.05, 4.69) is 5.32 Å². The van der Waals surface area contributed by atoms with Gasteiger partial charge in [-0.2, -0.15) is 13.2 Å². The van der Waals surface area contributed by atoms with Crippen molar-refractivity contribution in [2.45, 2.75) is 69.9 Å². The number of halogens is 6. The second kappa shape index (κ2) is 12.1. The van der Waals surface area contributed by atoms with Gasteiger partial charge in [-0.05, 0) is 72.9 Å². The van der Waals surface area contributed by atoms with Crippen LogP contribution in [0.3, 0.4) is 0 Å². The van der Waals surface area contributed by atoms with E-state index in [4.69, 9.17) is 16.3 Å². The van der Waals surface area contributed by atoms with Gasteiger partial charge in [0, 0.05) is 30.7 Å². The number of carbonyl (C=O) groups is 2. The van der Waals surface area contributed by atoms with E-state index in [1.165, 1.54) is 12.1 Å². The van der Waals surface area contributed by atoms with Gasteiger partial charge in [-0.15, -0.1) is 0 Å². The fraction of sp³-hybridized carbons (Fsp3) is 0.517. The predicted octanol–water partition coefficient (Wildman–Crippen LogP) is 6.60. The molecule has 41 heavy (non-hydrogen) atoms. The molecule has 2 aliphatic rings. The monoisotopic (exact) mass is 602 g/mol. The van der Waals surface area contributed by atoms with Crippen molar-refractivity contribution in [2.24, 2.45) is 5.92 Å². The number of carbonyl (C=O) groups excluding carboxylic acids is 1. The number of hydrogen-bond acceptors (Lipinski definition) is 4. The van der Waals surface area contributed by atoms with E-state index in [9.17, 15) is 32.3 Å². The number of nitrogens with one attached hydrogen (secondary N) is 1. The van der Waals surface area contributed by atoms with Crippen LogP contribution in [-0.2, 0) is 17.5 Å². The molecule has 0 bridgehead atoms. The van der Waals surface area contributed by atoms with Crippen LogP contribution in [0.15, 0.2) is 30.3 Å². The Labute approximate surface area is 239 Å². The molecule has 1 unspecified atom stereocenters. The predicted molar refractivity (Wildman–Crippen MR) is 142 cm³/mol. The van der Waals surface area contributed by atoms with Gasteiger partial charge in [-0.3, -0.25) is 9.69 Å². The third kappa shape index (κ3) is 7.88. The van der Waals surface area contributed by atoms with Crippen LogP contribution in [0.2, 0.25) is 5.02 Å². The molecule has 12 heteroatoms. The second-order valence-corrected chi connectivity index (χ2v) is 11.7. The normalized spacial score (nSPS) is 18.3. The average Bonchev–Trinajstić information content (AvgIpc) is 3.72. The second-order valence-electron chi connectivity index (χ2n) is 11.2. The largest absolute Gasteiger partial charge is 0.490 e. The molecule has 2 fully saturated rings. The average molecular weight is 603 g/mol. The van der Waals surface area contributed by atoms with Gasteiger partial charge in [-0.1, -0.05) is 25.4 Å². The maximum absolute atomic E-state index is 15.7. The van der Waals surface area contributed by atoms with E-state index in [-0.39, 0.29) is 61.3 Å². The molecule has 4 rings (SSSR count). The van der Waals surface area contributed by atoms with Gasteiger partial charge in [0.1, 0.15) is 29.9 Å². The zero-order chi connectivity index (χ0) is 30.1. The molecule has 2 aromatic rings. The van der Waals surface area contributed by atoms with Gasteiger partial charge in [0.25, 0.3) is 5.91 Å². The number of carboxylic acids is 1. The molecule has 1 aliphatic heterocycles. The van der Waals surface area contributed by atoms with Crippen molar-refractivity contribution >= 4 is 23.5 Å². The molecule has 1 heterocycles. The van der Waals surface area contributed by atoms with E-state index in [0.29, 0.717) is 11.1 Å². The molecular formula is C29H32ClF5N2O4. The SMILES string of the molecule is CC(C)C(NC(=O)c1cc(C2CC2)c(OCC2(F)CCN(Cc3cc(Cl)cc(C(F)(F)F)c3)CC2)cc1F)C(=O)O. The fourth-order valence-electron chi connectivity index (χ4n) is 4.94. The van der Waals surface area contributed by atoms with Crippen molar-refractivity contribution in [1.29, 1.82) is 0 Å². The first kappa shape index (κ1) is 31.0. The first-order valence-electron chi connectivity index (χ1n) is 13.4. The van der Waals surface area contributed by atoms with Crippen molar-refractivity contribution < 1.29 is 41.4 Å². The van der Waals surface area contributed by atoms with Crippen LogP contribution in [0.1, 0.15) is 72.5 Å². The minimum atomic E-state index is -4.53. The lowest BCUT2D eigenvalue weighted by molar-refractivity contribution is -0.140. The molecule has 1 atom stereocenters. The number of piperidine rings is 1. The van der Waals surface area contributed by atoms with Crippen molar-refractivity contribution in [3.05, 3.63) is 63.4 Å². The summed E-state index contributed by atoms with van der Waals surface area (Å²) in [6.45, 7) is 3.63. The van der Waals surface area contributed by atoms with Crippen LogP contribution in [0.25, 0.3) is 0 Å². The zero-order valence-electron chi connectivity index (χ0n) is 22.7. The smallest absolute Gasteiger partial charge is 0.416 e. The molecule has 1 amide bonds. The Kier molecular flexibility index (Phi) is 9.18. The lowest BCUT2D eigenvalue weighted by Crippen LogP contribution is -2.45. The number of carboxylic acid groups (broad SMARTS) is 1. The number of hydrogen-bond donors (Lipinski definition) is 2. The number of nitrogens with zero attached hydrogens (tertiary/aromatic N) is 1. The maximum Gasteiger partial charge on any atom is 0.416 e. The number of alkyl halides is 4. The fourth-order valence-corrected chi connectivity index (χ4v) is 5.20. The summed E-state index contributed by atoms with van der Waals surface area (Å²) in [6.07, 6.45) is -2.81. The van der Waals surface area contributed by atoms with Gasteiger partial charge in [0.15, 0.2) is 0 Å². The standard InChI is InChI=1S/C29H32ClF5N2O4/c1-16(2)25(27(39)40)36-26(38)22-12-21(18-3-4-18)24(13-23(22)31)41-15-28(32)5-7-37(8-6-28)14-17-9-19(29(33,34)35)11-20(30)10-17/h9-13,16,18,25H,3-8,14-15H2,1-2H3,(H,36,38)(H,39,40).